The normalized spacial score (nSPS) is 38.7. The van der Waals surface area contributed by atoms with Crippen LogP contribution in [0.15, 0.2) is 0 Å². The predicted octanol–water partition coefficient (Wildman–Crippen LogP) is 4.39. The second-order valence-corrected chi connectivity index (χ2v) is 8.88. The zero-order chi connectivity index (χ0) is 14.9. The average molecular weight is 293 g/mol. The molecule has 0 aromatic carbocycles. The Labute approximate surface area is 131 Å². The molecule has 0 amide bonds. The van der Waals surface area contributed by atoms with E-state index >= 15 is 0 Å². The summed E-state index contributed by atoms with van der Waals surface area (Å²) >= 11 is 0. The summed E-state index contributed by atoms with van der Waals surface area (Å²) < 4.78 is 6.28. The van der Waals surface area contributed by atoms with Crippen LogP contribution in [0.3, 0.4) is 0 Å². The second kappa shape index (κ2) is 6.20. The van der Waals surface area contributed by atoms with Crippen molar-refractivity contribution in [3.05, 3.63) is 0 Å². The molecule has 2 aliphatic carbocycles. The summed E-state index contributed by atoms with van der Waals surface area (Å²) in [5, 5.41) is 3.46. The van der Waals surface area contributed by atoms with Gasteiger partial charge in [0, 0.05) is 6.61 Å². The quantitative estimate of drug-likeness (QED) is 0.833. The smallest absolute Gasteiger partial charge is 0.0685 e. The van der Waals surface area contributed by atoms with Crippen molar-refractivity contribution in [3.8, 4) is 0 Å². The molecule has 3 fully saturated rings. The van der Waals surface area contributed by atoms with E-state index in [9.17, 15) is 0 Å². The van der Waals surface area contributed by atoms with Gasteiger partial charge in [0.2, 0.25) is 0 Å². The lowest BCUT2D eigenvalue weighted by Crippen LogP contribution is -2.45. The maximum absolute atomic E-state index is 6.28. The lowest BCUT2D eigenvalue weighted by molar-refractivity contribution is -0.113. The topological polar surface area (TPSA) is 21.3 Å². The van der Waals surface area contributed by atoms with Gasteiger partial charge in [0.15, 0.2) is 0 Å². The molecule has 2 nitrogen and oxygen atoms in total. The molecule has 122 valence electrons. The van der Waals surface area contributed by atoms with E-state index in [0.717, 1.165) is 24.4 Å². The Bertz CT molecular complexity index is 345. The van der Waals surface area contributed by atoms with Crippen molar-refractivity contribution in [2.45, 2.75) is 77.2 Å². The molecule has 1 spiro atoms. The van der Waals surface area contributed by atoms with Gasteiger partial charge in [-0.05, 0) is 81.7 Å². The van der Waals surface area contributed by atoms with Crippen molar-refractivity contribution in [1.29, 1.82) is 0 Å². The van der Waals surface area contributed by atoms with Crippen molar-refractivity contribution in [2.75, 3.05) is 20.2 Å². The molecule has 2 heteroatoms. The third-order valence-corrected chi connectivity index (χ3v) is 6.70. The summed E-state index contributed by atoms with van der Waals surface area (Å²) in [5.74, 6) is 2.72. The van der Waals surface area contributed by atoms with Crippen molar-refractivity contribution in [1.82, 2.24) is 5.32 Å². The van der Waals surface area contributed by atoms with Gasteiger partial charge in [-0.3, -0.25) is 0 Å². The minimum Gasteiger partial charge on any atom is -0.375 e. The van der Waals surface area contributed by atoms with Crippen LogP contribution in [-0.2, 0) is 4.74 Å². The van der Waals surface area contributed by atoms with Gasteiger partial charge in [-0.2, -0.15) is 0 Å². The minimum absolute atomic E-state index is 0.286. The van der Waals surface area contributed by atoms with E-state index in [1.165, 1.54) is 64.3 Å². The fraction of sp³-hybridized carbons (Fsp3) is 1.00. The molecule has 0 aromatic rings. The lowest BCUT2D eigenvalue weighted by atomic mass is 9.61. The molecule has 3 atom stereocenters. The van der Waals surface area contributed by atoms with Crippen LogP contribution in [0.25, 0.3) is 0 Å². The SMILES string of the molecule is CNCC1CCC(C)(C)CC1C1CCOC2(CCCC2)C1. The van der Waals surface area contributed by atoms with Crippen LogP contribution in [0.4, 0.5) is 0 Å². The molecule has 1 N–H and O–H groups in total. The van der Waals surface area contributed by atoms with E-state index in [4.69, 9.17) is 4.74 Å². The van der Waals surface area contributed by atoms with Crippen molar-refractivity contribution in [3.63, 3.8) is 0 Å². The second-order valence-electron chi connectivity index (χ2n) is 8.88. The standard InChI is InChI=1S/C19H35NO/c1-18(2)10-6-16(14-20-3)17(13-18)15-7-11-21-19(12-15)8-4-5-9-19/h15-17,20H,4-14H2,1-3H3. The molecule has 1 saturated heterocycles. The number of rotatable bonds is 3. The number of hydrogen-bond acceptors (Lipinski definition) is 2. The van der Waals surface area contributed by atoms with Crippen LogP contribution in [0, 0.1) is 23.2 Å². The Morgan fingerprint density at radius 2 is 1.81 bits per heavy atom. The summed E-state index contributed by atoms with van der Waals surface area (Å²) in [5.41, 5.74) is 0.838. The minimum atomic E-state index is 0.286. The number of hydrogen-bond donors (Lipinski definition) is 1. The van der Waals surface area contributed by atoms with Crippen molar-refractivity contribution >= 4 is 0 Å². The zero-order valence-corrected chi connectivity index (χ0v) is 14.4. The third kappa shape index (κ3) is 3.47. The van der Waals surface area contributed by atoms with Gasteiger partial charge in [-0.25, -0.2) is 0 Å². The van der Waals surface area contributed by atoms with Crippen LogP contribution in [-0.4, -0.2) is 25.8 Å². The van der Waals surface area contributed by atoms with Crippen LogP contribution in [0.2, 0.25) is 0 Å². The Morgan fingerprint density at radius 1 is 1.05 bits per heavy atom. The molecule has 0 radical (unpaired) electrons. The maximum Gasteiger partial charge on any atom is 0.0685 e. The molecule has 21 heavy (non-hydrogen) atoms. The summed E-state index contributed by atoms with van der Waals surface area (Å²) in [6, 6.07) is 0. The molecule has 3 rings (SSSR count). The molecular weight excluding hydrogens is 258 g/mol. The van der Waals surface area contributed by atoms with Gasteiger partial charge in [0.1, 0.15) is 0 Å². The molecular formula is C19H35NO. The summed E-state index contributed by atoms with van der Waals surface area (Å²) in [7, 11) is 2.12. The van der Waals surface area contributed by atoms with Crippen molar-refractivity contribution < 1.29 is 4.74 Å². The first kappa shape index (κ1) is 15.8. The monoisotopic (exact) mass is 293 g/mol. The Kier molecular flexibility index (Phi) is 4.66. The van der Waals surface area contributed by atoms with Crippen LogP contribution in [0.5, 0.6) is 0 Å². The first-order valence-electron chi connectivity index (χ1n) is 9.32. The highest BCUT2D eigenvalue weighted by Gasteiger charge is 2.45. The zero-order valence-electron chi connectivity index (χ0n) is 14.4. The Hall–Kier alpha value is -0.0800. The largest absolute Gasteiger partial charge is 0.375 e. The van der Waals surface area contributed by atoms with Crippen LogP contribution < -0.4 is 5.32 Å². The van der Waals surface area contributed by atoms with E-state index in [1.807, 2.05) is 0 Å². The molecule has 1 aliphatic heterocycles. The van der Waals surface area contributed by atoms with Gasteiger partial charge < -0.3 is 10.1 Å². The van der Waals surface area contributed by atoms with E-state index in [-0.39, 0.29) is 5.60 Å². The molecule has 2 saturated carbocycles. The van der Waals surface area contributed by atoms with Gasteiger partial charge in [-0.1, -0.05) is 26.7 Å². The van der Waals surface area contributed by atoms with Crippen molar-refractivity contribution in [2.24, 2.45) is 23.2 Å². The number of nitrogens with one attached hydrogen (secondary N) is 1. The fourth-order valence-electron chi connectivity index (χ4n) is 5.56. The molecule has 0 aromatic heterocycles. The highest BCUT2D eigenvalue weighted by molar-refractivity contribution is 4.96. The third-order valence-electron chi connectivity index (χ3n) is 6.70. The van der Waals surface area contributed by atoms with Gasteiger partial charge >= 0.3 is 0 Å². The van der Waals surface area contributed by atoms with E-state index in [1.54, 1.807) is 0 Å². The van der Waals surface area contributed by atoms with Crippen LogP contribution >= 0.6 is 0 Å². The fourth-order valence-corrected chi connectivity index (χ4v) is 5.56. The summed E-state index contributed by atoms with van der Waals surface area (Å²) in [6.07, 6.45) is 12.4. The highest BCUT2D eigenvalue weighted by atomic mass is 16.5. The summed E-state index contributed by atoms with van der Waals surface area (Å²) in [4.78, 5) is 0. The first-order valence-corrected chi connectivity index (χ1v) is 9.32. The molecule has 3 aliphatic rings. The van der Waals surface area contributed by atoms with Gasteiger partial charge in [-0.15, -0.1) is 0 Å². The number of ether oxygens (including phenoxy) is 1. The van der Waals surface area contributed by atoms with E-state index in [2.05, 4.69) is 26.2 Å². The molecule has 1 heterocycles. The highest BCUT2D eigenvalue weighted by Crippen LogP contribution is 2.51. The maximum atomic E-state index is 6.28. The van der Waals surface area contributed by atoms with Crippen LogP contribution in [0.1, 0.15) is 71.6 Å². The van der Waals surface area contributed by atoms with E-state index in [0.29, 0.717) is 5.41 Å². The van der Waals surface area contributed by atoms with Gasteiger partial charge in [0.05, 0.1) is 5.60 Å². The van der Waals surface area contributed by atoms with E-state index < -0.39 is 0 Å². The Morgan fingerprint density at radius 3 is 2.52 bits per heavy atom. The average Bonchev–Trinajstić information content (AvgIpc) is 2.89. The molecule has 0 bridgehead atoms. The lowest BCUT2D eigenvalue weighted by Gasteiger charge is -2.48. The summed E-state index contributed by atoms with van der Waals surface area (Å²) in [6.45, 7) is 7.21. The Balaban J connectivity index is 1.71. The predicted molar refractivity (Wildman–Crippen MR) is 88.4 cm³/mol. The van der Waals surface area contributed by atoms with Gasteiger partial charge in [0.25, 0.3) is 0 Å². The first-order chi connectivity index (χ1) is 10.0. The molecule has 3 unspecified atom stereocenters.